The number of nitrogens with zero attached hydrogens (tertiary/aromatic N) is 2. The maximum Gasteiger partial charge on any atom is 0.238 e. The van der Waals surface area contributed by atoms with Crippen molar-refractivity contribution in [3.63, 3.8) is 0 Å². The van der Waals surface area contributed by atoms with Gasteiger partial charge in [-0.25, -0.2) is 0 Å². The molecule has 0 saturated carbocycles. The highest BCUT2D eigenvalue weighted by atomic mass is 32.1. The van der Waals surface area contributed by atoms with E-state index in [1.807, 2.05) is 4.90 Å². The van der Waals surface area contributed by atoms with Crippen LogP contribution < -0.4 is 5.32 Å². The number of hydrogen-bond donors (Lipinski definition) is 1. The Kier molecular flexibility index (Phi) is 4.93. The van der Waals surface area contributed by atoms with Gasteiger partial charge in [-0.05, 0) is 44.2 Å². The van der Waals surface area contributed by atoms with Crippen LogP contribution in [-0.4, -0.2) is 47.9 Å². The molecule has 1 amide bonds. The number of nitrogens with one attached hydrogen (secondary N) is 1. The van der Waals surface area contributed by atoms with E-state index in [1.54, 1.807) is 11.3 Å². The third kappa shape index (κ3) is 3.47. The zero-order valence-corrected chi connectivity index (χ0v) is 13.6. The van der Waals surface area contributed by atoms with E-state index in [4.69, 9.17) is 0 Å². The largest absolute Gasteiger partial charge is 0.321 e. The van der Waals surface area contributed by atoms with Gasteiger partial charge in [0.25, 0.3) is 0 Å². The average Bonchev–Trinajstić information content (AvgIpc) is 3.11. The molecule has 0 spiro atoms. The molecule has 4 nitrogen and oxygen atoms in total. The molecular weight excluding hydrogens is 282 g/mol. The number of carbonyl (C=O) groups excluding carboxylic acids is 1. The molecule has 5 heteroatoms. The molecule has 0 bridgehead atoms. The van der Waals surface area contributed by atoms with Crippen LogP contribution in [0.5, 0.6) is 0 Å². The highest BCUT2D eigenvalue weighted by molar-refractivity contribution is 7.10. The quantitative estimate of drug-likeness (QED) is 0.907. The van der Waals surface area contributed by atoms with E-state index in [0.29, 0.717) is 12.6 Å². The highest BCUT2D eigenvalue weighted by Crippen LogP contribution is 2.26. The molecule has 0 radical (unpaired) electrons. The van der Waals surface area contributed by atoms with Crippen LogP contribution >= 0.6 is 11.3 Å². The Morgan fingerprint density at radius 3 is 3.05 bits per heavy atom. The second-order valence-corrected chi connectivity index (χ2v) is 7.10. The maximum absolute atomic E-state index is 12.1. The van der Waals surface area contributed by atoms with Crippen LogP contribution in [0.25, 0.3) is 0 Å². The van der Waals surface area contributed by atoms with Crippen LogP contribution in [0.2, 0.25) is 0 Å². The smallest absolute Gasteiger partial charge is 0.238 e. The molecule has 0 aromatic carbocycles. The Hall–Kier alpha value is -0.910. The first kappa shape index (κ1) is 15.0. The lowest BCUT2D eigenvalue weighted by atomic mass is 10.0. The fourth-order valence-electron chi connectivity index (χ4n) is 3.43. The first-order valence-corrected chi connectivity index (χ1v) is 8.94. The standard InChI is InChI=1S/C16H25N3OS/c1-13-6-2-3-8-18(13)9-5-10-19-15(20)12-17-16(19)14-7-4-11-21-14/h4,7,11,13,16-17H,2-3,5-6,8-10,12H2,1H3. The zero-order chi connectivity index (χ0) is 14.7. The monoisotopic (exact) mass is 307 g/mol. The summed E-state index contributed by atoms with van der Waals surface area (Å²) in [5.74, 6) is 0.236. The molecule has 21 heavy (non-hydrogen) atoms. The van der Waals surface area contributed by atoms with Crippen molar-refractivity contribution in [3.8, 4) is 0 Å². The Balaban J connectivity index is 1.52. The van der Waals surface area contributed by atoms with Crippen molar-refractivity contribution < 1.29 is 4.79 Å². The second-order valence-electron chi connectivity index (χ2n) is 6.12. The van der Waals surface area contributed by atoms with Crippen molar-refractivity contribution in [3.05, 3.63) is 22.4 Å². The molecule has 0 aliphatic carbocycles. The van der Waals surface area contributed by atoms with Gasteiger partial charge in [-0.2, -0.15) is 0 Å². The van der Waals surface area contributed by atoms with Crippen LogP contribution in [-0.2, 0) is 4.79 Å². The van der Waals surface area contributed by atoms with Gasteiger partial charge in [0.1, 0.15) is 6.17 Å². The molecule has 2 atom stereocenters. The SMILES string of the molecule is CC1CCCCN1CCCN1C(=O)CNC1c1cccs1. The van der Waals surface area contributed by atoms with Crippen molar-refractivity contribution in [1.29, 1.82) is 0 Å². The van der Waals surface area contributed by atoms with Crippen molar-refractivity contribution in [2.24, 2.45) is 0 Å². The van der Waals surface area contributed by atoms with Gasteiger partial charge in [-0.15, -0.1) is 11.3 Å². The van der Waals surface area contributed by atoms with Gasteiger partial charge in [-0.3, -0.25) is 10.1 Å². The van der Waals surface area contributed by atoms with E-state index in [-0.39, 0.29) is 12.1 Å². The number of thiophene rings is 1. The number of hydrogen-bond acceptors (Lipinski definition) is 4. The van der Waals surface area contributed by atoms with Crippen LogP contribution in [0.3, 0.4) is 0 Å². The van der Waals surface area contributed by atoms with Crippen molar-refractivity contribution in [1.82, 2.24) is 15.1 Å². The first-order valence-electron chi connectivity index (χ1n) is 8.06. The minimum Gasteiger partial charge on any atom is -0.321 e. The van der Waals surface area contributed by atoms with Gasteiger partial charge in [0, 0.05) is 24.0 Å². The number of likely N-dealkylation sites (tertiary alicyclic amines) is 1. The molecule has 1 aromatic heterocycles. The van der Waals surface area contributed by atoms with E-state index < -0.39 is 0 Å². The molecule has 1 aromatic rings. The number of piperidine rings is 1. The summed E-state index contributed by atoms with van der Waals surface area (Å²) >= 11 is 1.72. The second kappa shape index (κ2) is 6.90. The lowest BCUT2D eigenvalue weighted by molar-refractivity contribution is -0.128. The Morgan fingerprint density at radius 1 is 1.38 bits per heavy atom. The van der Waals surface area contributed by atoms with Crippen molar-refractivity contribution in [2.75, 3.05) is 26.2 Å². The molecular formula is C16H25N3OS. The van der Waals surface area contributed by atoms with Gasteiger partial charge in [0.05, 0.1) is 6.54 Å². The van der Waals surface area contributed by atoms with Crippen molar-refractivity contribution in [2.45, 2.75) is 44.8 Å². The molecule has 2 saturated heterocycles. The molecule has 2 fully saturated rings. The minimum atomic E-state index is 0.0938. The molecule has 116 valence electrons. The topological polar surface area (TPSA) is 35.6 Å². The normalized spacial score (nSPS) is 27.5. The van der Waals surface area contributed by atoms with Gasteiger partial charge in [-0.1, -0.05) is 12.5 Å². The zero-order valence-electron chi connectivity index (χ0n) is 12.8. The van der Waals surface area contributed by atoms with E-state index in [2.05, 4.69) is 34.7 Å². The highest BCUT2D eigenvalue weighted by Gasteiger charge is 2.31. The minimum absolute atomic E-state index is 0.0938. The predicted octanol–water partition coefficient (Wildman–Crippen LogP) is 2.44. The fraction of sp³-hybridized carbons (Fsp3) is 0.688. The lowest BCUT2D eigenvalue weighted by Gasteiger charge is -2.34. The molecule has 3 rings (SSSR count). The fourth-order valence-corrected chi connectivity index (χ4v) is 4.24. The average molecular weight is 307 g/mol. The van der Waals surface area contributed by atoms with Gasteiger partial charge in [0.15, 0.2) is 0 Å². The Morgan fingerprint density at radius 2 is 2.29 bits per heavy atom. The molecule has 2 aliphatic heterocycles. The first-order chi connectivity index (χ1) is 10.3. The third-order valence-corrected chi connectivity index (χ3v) is 5.60. The number of carbonyl (C=O) groups is 1. The van der Waals surface area contributed by atoms with Crippen LogP contribution in [0.15, 0.2) is 17.5 Å². The Labute approximate surface area is 131 Å². The summed E-state index contributed by atoms with van der Waals surface area (Å²) in [6, 6.07) is 4.87. The lowest BCUT2D eigenvalue weighted by Crippen LogP contribution is -2.39. The molecule has 3 heterocycles. The van der Waals surface area contributed by atoms with Gasteiger partial charge >= 0.3 is 0 Å². The van der Waals surface area contributed by atoms with Crippen LogP contribution in [0, 0.1) is 0 Å². The van der Waals surface area contributed by atoms with E-state index >= 15 is 0 Å². The van der Waals surface area contributed by atoms with Crippen molar-refractivity contribution >= 4 is 17.2 Å². The summed E-state index contributed by atoms with van der Waals surface area (Å²) in [5, 5.41) is 5.41. The summed E-state index contributed by atoms with van der Waals surface area (Å²) < 4.78 is 0. The number of rotatable bonds is 5. The summed E-state index contributed by atoms with van der Waals surface area (Å²) in [6.07, 6.45) is 5.18. The van der Waals surface area contributed by atoms with Gasteiger partial charge < -0.3 is 9.80 Å². The predicted molar refractivity (Wildman–Crippen MR) is 86.3 cm³/mol. The summed E-state index contributed by atoms with van der Waals surface area (Å²) in [7, 11) is 0. The summed E-state index contributed by atoms with van der Waals surface area (Å²) in [4.78, 5) is 17.9. The van der Waals surface area contributed by atoms with Crippen LogP contribution in [0.1, 0.15) is 43.6 Å². The molecule has 2 unspecified atom stereocenters. The maximum atomic E-state index is 12.1. The molecule has 1 N–H and O–H groups in total. The van der Waals surface area contributed by atoms with E-state index in [0.717, 1.165) is 19.5 Å². The number of amides is 1. The van der Waals surface area contributed by atoms with Gasteiger partial charge in [0.2, 0.25) is 5.91 Å². The summed E-state index contributed by atoms with van der Waals surface area (Å²) in [5.41, 5.74) is 0. The third-order valence-electron chi connectivity index (χ3n) is 4.68. The van der Waals surface area contributed by atoms with Crippen LogP contribution in [0.4, 0.5) is 0 Å². The summed E-state index contributed by atoms with van der Waals surface area (Å²) in [6.45, 7) is 6.00. The van der Waals surface area contributed by atoms with E-state index in [9.17, 15) is 4.79 Å². The van der Waals surface area contributed by atoms with E-state index in [1.165, 1.54) is 30.7 Å². The Bertz CT molecular complexity index is 462. The molecule has 2 aliphatic rings.